The van der Waals surface area contributed by atoms with Gasteiger partial charge in [-0.05, 0) is 17.5 Å². The molecular weight excluding hydrogens is 246 g/mol. The van der Waals surface area contributed by atoms with Crippen molar-refractivity contribution in [3.8, 4) is 22.9 Å². The maximum Gasteiger partial charge on any atom is 0.240 e. The molecule has 2 aromatic rings. The van der Waals surface area contributed by atoms with Crippen LogP contribution in [0.3, 0.4) is 0 Å². The van der Waals surface area contributed by atoms with Gasteiger partial charge in [0.05, 0.1) is 19.2 Å². The Balaban J connectivity index is 2.64. The molecule has 1 heterocycles. The largest absolute Gasteiger partial charge is 0.504 e. The second-order valence-electron chi connectivity index (χ2n) is 4.45. The van der Waals surface area contributed by atoms with E-state index in [2.05, 4.69) is 10.1 Å². The molecule has 0 saturated carbocycles. The summed E-state index contributed by atoms with van der Waals surface area (Å²) in [5.41, 5.74) is 6.89. The first-order chi connectivity index (χ1) is 9.08. The Kier molecular flexibility index (Phi) is 3.71. The van der Waals surface area contributed by atoms with Gasteiger partial charge in [-0.2, -0.15) is 4.98 Å². The van der Waals surface area contributed by atoms with Crippen molar-refractivity contribution in [1.82, 2.24) is 10.1 Å². The van der Waals surface area contributed by atoms with Gasteiger partial charge in [-0.25, -0.2) is 0 Å². The van der Waals surface area contributed by atoms with Crippen molar-refractivity contribution >= 4 is 0 Å². The van der Waals surface area contributed by atoms with Crippen LogP contribution in [0, 0.1) is 0 Å². The number of aromatic nitrogens is 2. The Hall–Kier alpha value is -2.08. The Labute approximate surface area is 111 Å². The number of nitrogens with two attached hydrogens (primary N) is 1. The third-order valence-corrected chi connectivity index (χ3v) is 2.88. The molecule has 0 spiro atoms. The molecule has 2 rings (SSSR count). The molecule has 0 aliphatic carbocycles. The predicted octanol–water partition coefficient (Wildman–Crippen LogP) is 2.03. The number of benzene rings is 1. The molecule has 0 fully saturated rings. The summed E-state index contributed by atoms with van der Waals surface area (Å²) in [6, 6.07) is 3.61. The molecule has 0 amide bonds. The Morgan fingerprint density at radius 3 is 2.68 bits per heavy atom. The molecule has 1 aromatic heterocycles. The highest BCUT2D eigenvalue weighted by Crippen LogP contribution is 2.41. The Bertz CT molecular complexity index is 579. The summed E-state index contributed by atoms with van der Waals surface area (Å²) in [4.78, 5) is 4.16. The van der Waals surface area contributed by atoms with Crippen molar-refractivity contribution in [2.24, 2.45) is 5.73 Å². The van der Waals surface area contributed by atoms with Crippen LogP contribution in [0.2, 0.25) is 0 Å². The fourth-order valence-corrected chi connectivity index (χ4v) is 1.91. The van der Waals surface area contributed by atoms with E-state index < -0.39 is 0 Å². The number of nitrogens with zero attached hydrogens (tertiary/aromatic N) is 2. The number of hydrogen-bond acceptors (Lipinski definition) is 6. The van der Waals surface area contributed by atoms with Crippen molar-refractivity contribution in [2.45, 2.75) is 26.3 Å². The summed E-state index contributed by atoms with van der Waals surface area (Å²) in [5, 5.41) is 14.1. The predicted molar refractivity (Wildman–Crippen MR) is 69.9 cm³/mol. The summed E-state index contributed by atoms with van der Waals surface area (Å²) < 4.78 is 10.1. The molecule has 19 heavy (non-hydrogen) atoms. The van der Waals surface area contributed by atoms with Gasteiger partial charge in [0.25, 0.3) is 0 Å². The molecule has 6 heteroatoms. The van der Waals surface area contributed by atoms with Crippen LogP contribution in [0.5, 0.6) is 11.5 Å². The number of hydrogen-bond donors (Lipinski definition) is 2. The monoisotopic (exact) mass is 263 g/mol. The van der Waals surface area contributed by atoms with Crippen LogP contribution in [-0.2, 0) is 6.54 Å². The van der Waals surface area contributed by atoms with Crippen LogP contribution in [-0.4, -0.2) is 22.4 Å². The highest BCUT2D eigenvalue weighted by Gasteiger charge is 2.21. The number of phenolic OH excluding ortho intramolecular Hbond substituents is 1. The van der Waals surface area contributed by atoms with Gasteiger partial charge < -0.3 is 20.1 Å². The zero-order valence-electron chi connectivity index (χ0n) is 11.2. The topological polar surface area (TPSA) is 94.4 Å². The number of methoxy groups -OCH3 is 1. The van der Waals surface area contributed by atoms with Gasteiger partial charge in [-0.3, -0.25) is 0 Å². The summed E-state index contributed by atoms with van der Waals surface area (Å²) in [6.07, 6.45) is 0. The highest BCUT2D eigenvalue weighted by molar-refractivity contribution is 5.72. The minimum atomic E-state index is 0.0121. The molecule has 3 N–H and O–H groups in total. The lowest BCUT2D eigenvalue weighted by molar-refractivity contribution is 0.371. The lowest BCUT2D eigenvalue weighted by atomic mass is 9.95. The van der Waals surface area contributed by atoms with E-state index in [1.165, 1.54) is 7.11 Å². The zero-order chi connectivity index (χ0) is 14.0. The lowest BCUT2D eigenvalue weighted by Gasteiger charge is -2.14. The van der Waals surface area contributed by atoms with Crippen LogP contribution in [0.15, 0.2) is 16.7 Å². The summed E-state index contributed by atoms with van der Waals surface area (Å²) in [7, 11) is 1.50. The number of aromatic hydroxyl groups is 1. The lowest BCUT2D eigenvalue weighted by Crippen LogP contribution is -1.98. The molecule has 0 unspecified atom stereocenters. The molecule has 102 valence electrons. The van der Waals surface area contributed by atoms with E-state index in [1.807, 2.05) is 19.9 Å². The third-order valence-electron chi connectivity index (χ3n) is 2.88. The van der Waals surface area contributed by atoms with Gasteiger partial charge in [0.2, 0.25) is 11.7 Å². The van der Waals surface area contributed by atoms with E-state index in [1.54, 1.807) is 6.07 Å². The van der Waals surface area contributed by atoms with E-state index in [0.29, 0.717) is 23.0 Å². The van der Waals surface area contributed by atoms with Gasteiger partial charge in [-0.1, -0.05) is 25.1 Å². The minimum absolute atomic E-state index is 0.0121. The first-order valence-corrected chi connectivity index (χ1v) is 6.01. The van der Waals surface area contributed by atoms with Crippen molar-refractivity contribution < 1.29 is 14.4 Å². The first kappa shape index (κ1) is 13.4. The maximum atomic E-state index is 10.3. The van der Waals surface area contributed by atoms with E-state index in [4.69, 9.17) is 15.0 Å². The second kappa shape index (κ2) is 5.27. The SMILES string of the molecule is COc1ccc(C(C)C)c(-c2noc(CN)n2)c1O. The quantitative estimate of drug-likeness (QED) is 0.876. The van der Waals surface area contributed by atoms with E-state index in [0.717, 1.165) is 5.56 Å². The summed E-state index contributed by atoms with van der Waals surface area (Å²) in [6.45, 7) is 4.21. The molecule has 0 saturated heterocycles. The first-order valence-electron chi connectivity index (χ1n) is 6.01. The van der Waals surface area contributed by atoms with Gasteiger partial charge in [0.15, 0.2) is 11.5 Å². The van der Waals surface area contributed by atoms with Crippen molar-refractivity contribution in [3.05, 3.63) is 23.6 Å². The van der Waals surface area contributed by atoms with Crippen LogP contribution in [0.4, 0.5) is 0 Å². The summed E-state index contributed by atoms with van der Waals surface area (Å²) >= 11 is 0. The third kappa shape index (κ3) is 2.39. The smallest absolute Gasteiger partial charge is 0.240 e. The molecule has 6 nitrogen and oxygen atoms in total. The fraction of sp³-hybridized carbons (Fsp3) is 0.385. The summed E-state index contributed by atoms with van der Waals surface area (Å²) in [5.74, 6) is 1.23. The fourth-order valence-electron chi connectivity index (χ4n) is 1.91. The molecule has 0 aliphatic heterocycles. The molecule has 1 aromatic carbocycles. The Morgan fingerprint density at radius 1 is 1.42 bits per heavy atom. The average Bonchev–Trinajstić information content (AvgIpc) is 2.86. The number of phenols is 1. The maximum absolute atomic E-state index is 10.3. The Morgan fingerprint density at radius 2 is 2.16 bits per heavy atom. The molecule has 0 aliphatic rings. The van der Waals surface area contributed by atoms with Crippen LogP contribution in [0.25, 0.3) is 11.4 Å². The normalized spacial score (nSPS) is 11.0. The van der Waals surface area contributed by atoms with Crippen molar-refractivity contribution in [2.75, 3.05) is 7.11 Å². The highest BCUT2D eigenvalue weighted by atomic mass is 16.5. The van der Waals surface area contributed by atoms with Crippen LogP contribution in [0.1, 0.15) is 31.2 Å². The minimum Gasteiger partial charge on any atom is -0.504 e. The number of rotatable bonds is 4. The van der Waals surface area contributed by atoms with Gasteiger partial charge in [-0.15, -0.1) is 0 Å². The van der Waals surface area contributed by atoms with Gasteiger partial charge in [0.1, 0.15) is 0 Å². The number of ether oxygens (including phenoxy) is 1. The second-order valence-corrected chi connectivity index (χ2v) is 4.45. The molecule has 0 atom stereocenters. The van der Waals surface area contributed by atoms with Gasteiger partial charge >= 0.3 is 0 Å². The molecule has 0 radical (unpaired) electrons. The zero-order valence-corrected chi connectivity index (χ0v) is 11.2. The van der Waals surface area contributed by atoms with Crippen molar-refractivity contribution in [3.63, 3.8) is 0 Å². The van der Waals surface area contributed by atoms with E-state index in [-0.39, 0.29) is 18.2 Å². The average molecular weight is 263 g/mol. The molecule has 0 bridgehead atoms. The van der Waals surface area contributed by atoms with Gasteiger partial charge in [0, 0.05) is 0 Å². The van der Waals surface area contributed by atoms with Crippen LogP contribution < -0.4 is 10.5 Å². The van der Waals surface area contributed by atoms with E-state index >= 15 is 0 Å². The standard InChI is InChI=1S/C13H17N3O3/c1-7(2)8-4-5-9(18-3)12(17)11(8)13-15-10(6-14)19-16-13/h4-5,7,17H,6,14H2,1-3H3. The van der Waals surface area contributed by atoms with Crippen molar-refractivity contribution in [1.29, 1.82) is 0 Å². The molecular formula is C13H17N3O3. The van der Waals surface area contributed by atoms with E-state index in [9.17, 15) is 5.11 Å². The van der Waals surface area contributed by atoms with Crippen LogP contribution >= 0.6 is 0 Å².